The standard InChI is InChI=1S/C15H17ClN4O.ClH/c16-12-2-1-3-13(8-12)20-14(6-7-18-20)19-15(21)10-17-9-11-4-5-11;/h1-3,6-8,11,17H,4-5,9-10H2,(H,19,21);1H. The molecule has 2 N–H and O–H groups in total. The van der Waals surface area contributed by atoms with Crippen molar-refractivity contribution in [1.82, 2.24) is 15.1 Å². The molecular formula is C15H18Cl2N4O. The molecule has 7 heteroatoms. The van der Waals surface area contributed by atoms with E-state index in [9.17, 15) is 4.79 Å². The average molecular weight is 341 g/mol. The van der Waals surface area contributed by atoms with Crippen molar-refractivity contribution in [3.8, 4) is 5.69 Å². The van der Waals surface area contributed by atoms with Crippen molar-refractivity contribution in [2.45, 2.75) is 12.8 Å². The first kappa shape index (κ1) is 16.8. The Balaban J connectivity index is 0.00000176. The second kappa shape index (κ2) is 7.63. The molecule has 0 atom stereocenters. The van der Waals surface area contributed by atoms with Gasteiger partial charge in [0, 0.05) is 11.1 Å². The van der Waals surface area contributed by atoms with E-state index >= 15 is 0 Å². The Morgan fingerprint density at radius 1 is 1.36 bits per heavy atom. The Hall–Kier alpha value is -1.56. The monoisotopic (exact) mass is 340 g/mol. The molecule has 0 bridgehead atoms. The lowest BCUT2D eigenvalue weighted by Crippen LogP contribution is -2.30. The molecule has 1 heterocycles. The van der Waals surface area contributed by atoms with Crippen LogP contribution in [0.25, 0.3) is 5.69 Å². The molecule has 1 aromatic carbocycles. The largest absolute Gasteiger partial charge is 0.309 e. The molecule has 0 unspecified atom stereocenters. The number of carbonyl (C=O) groups is 1. The van der Waals surface area contributed by atoms with Gasteiger partial charge >= 0.3 is 0 Å². The van der Waals surface area contributed by atoms with Crippen molar-refractivity contribution < 1.29 is 4.79 Å². The number of benzene rings is 1. The van der Waals surface area contributed by atoms with Crippen LogP contribution >= 0.6 is 24.0 Å². The third-order valence-corrected chi connectivity index (χ3v) is 3.61. The number of nitrogens with zero attached hydrogens (tertiary/aromatic N) is 2. The second-order valence-corrected chi connectivity index (χ2v) is 5.67. The summed E-state index contributed by atoms with van der Waals surface area (Å²) in [7, 11) is 0. The minimum Gasteiger partial charge on any atom is -0.309 e. The molecule has 0 spiro atoms. The molecule has 1 aliphatic carbocycles. The molecule has 0 aliphatic heterocycles. The number of carbonyl (C=O) groups excluding carboxylic acids is 1. The van der Waals surface area contributed by atoms with Crippen LogP contribution in [0.3, 0.4) is 0 Å². The van der Waals surface area contributed by atoms with Gasteiger partial charge in [-0.1, -0.05) is 17.7 Å². The SMILES string of the molecule is Cl.O=C(CNCC1CC1)Nc1ccnn1-c1cccc(Cl)c1. The van der Waals surface area contributed by atoms with Crippen LogP contribution in [0, 0.1) is 5.92 Å². The molecule has 0 radical (unpaired) electrons. The van der Waals surface area contributed by atoms with Crippen LogP contribution in [0.5, 0.6) is 0 Å². The minimum atomic E-state index is -0.0700. The van der Waals surface area contributed by atoms with E-state index in [2.05, 4.69) is 15.7 Å². The lowest BCUT2D eigenvalue weighted by molar-refractivity contribution is -0.115. The lowest BCUT2D eigenvalue weighted by atomic mass is 10.3. The van der Waals surface area contributed by atoms with Gasteiger partial charge < -0.3 is 10.6 Å². The van der Waals surface area contributed by atoms with E-state index in [1.165, 1.54) is 12.8 Å². The maximum Gasteiger partial charge on any atom is 0.239 e. The second-order valence-electron chi connectivity index (χ2n) is 5.23. The van der Waals surface area contributed by atoms with Crippen LogP contribution < -0.4 is 10.6 Å². The lowest BCUT2D eigenvalue weighted by Gasteiger charge is -2.09. The molecule has 3 rings (SSSR count). The molecule has 5 nitrogen and oxygen atoms in total. The predicted molar refractivity (Wildman–Crippen MR) is 90.0 cm³/mol. The Morgan fingerprint density at radius 2 is 2.18 bits per heavy atom. The fraction of sp³-hybridized carbons (Fsp3) is 0.333. The number of anilines is 1. The summed E-state index contributed by atoms with van der Waals surface area (Å²) in [6.07, 6.45) is 4.19. The number of hydrogen-bond acceptors (Lipinski definition) is 3. The normalized spacial score (nSPS) is 13.5. The highest BCUT2D eigenvalue weighted by atomic mass is 35.5. The van der Waals surface area contributed by atoms with Gasteiger partial charge in [0.15, 0.2) is 0 Å². The summed E-state index contributed by atoms with van der Waals surface area (Å²) in [5.41, 5.74) is 0.814. The number of hydrogen-bond donors (Lipinski definition) is 2. The van der Waals surface area contributed by atoms with E-state index in [1.807, 2.05) is 12.1 Å². The summed E-state index contributed by atoms with van der Waals surface area (Å²) in [6.45, 7) is 1.23. The summed E-state index contributed by atoms with van der Waals surface area (Å²) in [5.74, 6) is 1.32. The van der Waals surface area contributed by atoms with Crippen molar-refractivity contribution >= 4 is 35.7 Å². The van der Waals surface area contributed by atoms with Crippen molar-refractivity contribution in [3.05, 3.63) is 41.6 Å². The van der Waals surface area contributed by atoms with Gasteiger partial charge in [-0.2, -0.15) is 5.10 Å². The Labute approximate surface area is 140 Å². The summed E-state index contributed by atoms with van der Waals surface area (Å²) in [6, 6.07) is 9.10. The van der Waals surface area contributed by atoms with Gasteiger partial charge in [0.2, 0.25) is 5.91 Å². The Kier molecular flexibility index (Phi) is 5.83. The molecular weight excluding hydrogens is 323 g/mol. The van der Waals surface area contributed by atoms with Gasteiger partial charge in [0.05, 0.1) is 18.4 Å². The highest BCUT2D eigenvalue weighted by molar-refractivity contribution is 6.30. The molecule has 1 aliphatic rings. The molecule has 1 aromatic heterocycles. The van der Waals surface area contributed by atoms with Gasteiger partial charge in [-0.3, -0.25) is 4.79 Å². The number of rotatable bonds is 6. The van der Waals surface area contributed by atoms with Crippen molar-refractivity contribution in [1.29, 1.82) is 0 Å². The molecule has 1 saturated carbocycles. The third kappa shape index (κ3) is 4.47. The molecule has 1 amide bonds. The van der Waals surface area contributed by atoms with Crippen molar-refractivity contribution in [3.63, 3.8) is 0 Å². The van der Waals surface area contributed by atoms with Crippen LogP contribution in [0.1, 0.15) is 12.8 Å². The highest BCUT2D eigenvalue weighted by Gasteiger charge is 2.20. The van der Waals surface area contributed by atoms with Crippen LogP contribution in [-0.4, -0.2) is 28.8 Å². The number of halogens is 2. The van der Waals surface area contributed by atoms with Crippen LogP contribution in [0.4, 0.5) is 5.82 Å². The summed E-state index contributed by atoms with van der Waals surface area (Å²) in [4.78, 5) is 11.9. The molecule has 0 saturated heterocycles. The molecule has 118 valence electrons. The van der Waals surface area contributed by atoms with Crippen molar-refractivity contribution in [2.75, 3.05) is 18.4 Å². The maximum atomic E-state index is 11.9. The fourth-order valence-corrected chi connectivity index (χ4v) is 2.30. The number of aromatic nitrogens is 2. The first-order valence-corrected chi connectivity index (χ1v) is 7.41. The number of nitrogens with one attached hydrogen (secondary N) is 2. The van der Waals surface area contributed by atoms with Crippen molar-refractivity contribution in [2.24, 2.45) is 5.92 Å². The quantitative estimate of drug-likeness (QED) is 0.849. The maximum absolute atomic E-state index is 11.9. The van der Waals surface area contributed by atoms with E-state index in [-0.39, 0.29) is 18.3 Å². The van der Waals surface area contributed by atoms with Gasteiger partial charge in [-0.15, -0.1) is 12.4 Å². The smallest absolute Gasteiger partial charge is 0.239 e. The van der Waals surface area contributed by atoms with Gasteiger partial charge in [0.25, 0.3) is 0 Å². The van der Waals surface area contributed by atoms with Crippen LogP contribution in [-0.2, 0) is 4.79 Å². The minimum absolute atomic E-state index is 0. The highest BCUT2D eigenvalue weighted by Crippen LogP contribution is 2.27. The van der Waals surface area contributed by atoms with E-state index in [4.69, 9.17) is 11.6 Å². The van der Waals surface area contributed by atoms with Crippen LogP contribution in [0.2, 0.25) is 5.02 Å². The zero-order valence-electron chi connectivity index (χ0n) is 12.0. The van der Waals surface area contributed by atoms with Gasteiger partial charge in [-0.05, 0) is 43.5 Å². The zero-order valence-corrected chi connectivity index (χ0v) is 13.5. The summed E-state index contributed by atoms with van der Waals surface area (Å²) < 4.78 is 1.66. The fourth-order valence-electron chi connectivity index (χ4n) is 2.11. The Morgan fingerprint density at radius 3 is 2.91 bits per heavy atom. The van der Waals surface area contributed by atoms with E-state index in [1.54, 1.807) is 29.1 Å². The number of amides is 1. The topological polar surface area (TPSA) is 59.0 Å². The molecule has 22 heavy (non-hydrogen) atoms. The van der Waals surface area contributed by atoms with Gasteiger partial charge in [-0.25, -0.2) is 4.68 Å². The average Bonchev–Trinajstić information content (AvgIpc) is 3.16. The first-order valence-electron chi connectivity index (χ1n) is 7.03. The zero-order chi connectivity index (χ0) is 14.7. The van der Waals surface area contributed by atoms with Gasteiger partial charge in [0.1, 0.15) is 5.82 Å². The van der Waals surface area contributed by atoms with E-state index in [0.717, 1.165) is 18.2 Å². The predicted octanol–water partition coefficient (Wildman–Crippen LogP) is 2.89. The van der Waals surface area contributed by atoms with E-state index in [0.29, 0.717) is 17.4 Å². The third-order valence-electron chi connectivity index (χ3n) is 3.38. The van der Waals surface area contributed by atoms with E-state index < -0.39 is 0 Å². The Bertz CT molecular complexity index is 640. The molecule has 2 aromatic rings. The summed E-state index contributed by atoms with van der Waals surface area (Å²) in [5, 5.41) is 10.9. The van der Waals surface area contributed by atoms with Crippen LogP contribution in [0.15, 0.2) is 36.5 Å². The summed E-state index contributed by atoms with van der Waals surface area (Å²) >= 11 is 5.99. The molecule has 1 fully saturated rings. The first-order chi connectivity index (χ1) is 10.2.